The topological polar surface area (TPSA) is 75.7 Å². The highest BCUT2D eigenvalue weighted by atomic mass is 16.5. The number of nitrogens with zero attached hydrogens (tertiary/aromatic N) is 1. The summed E-state index contributed by atoms with van der Waals surface area (Å²) < 4.78 is 4.98. The van der Waals surface area contributed by atoms with E-state index in [-0.39, 0.29) is 12.5 Å². The third kappa shape index (κ3) is 4.11. The molecule has 6 nitrogen and oxygen atoms in total. The zero-order valence-corrected chi connectivity index (χ0v) is 13.3. The predicted octanol–water partition coefficient (Wildman–Crippen LogP) is 2.23. The molecular formula is C19H16N2O4. The van der Waals surface area contributed by atoms with Gasteiger partial charge in [0.25, 0.3) is 5.91 Å². The van der Waals surface area contributed by atoms with Gasteiger partial charge in [0.15, 0.2) is 6.61 Å². The second kappa shape index (κ2) is 7.44. The molecule has 0 atom stereocenters. The van der Waals surface area contributed by atoms with Gasteiger partial charge in [-0.25, -0.2) is 4.79 Å². The molecule has 0 unspecified atom stereocenters. The molecule has 1 heterocycles. The summed E-state index contributed by atoms with van der Waals surface area (Å²) >= 11 is 0. The Morgan fingerprint density at radius 2 is 1.80 bits per heavy atom. The number of carbonyl (C=O) groups excluding carboxylic acids is 3. The number of esters is 1. The molecule has 1 aliphatic heterocycles. The van der Waals surface area contributed by atoms with Crippen molar-refractivity contribution in [1.82, 2.24) is 0 Å². The molecule has 0 bridgehead atoms. The molecule has 6 heteroatoms. The summed E-state index contributed by atoms with van der Waals surface area (Å²) in [4.78, 5) is 37.1. The van der Waals surface area contributed by atoms with Gasteiger partial charge in [0.2, 0.25) is 5.91 Å². The number of amides is 2. The molecule has 0 radical (unpaired) electrons. The number of ether oxygens (including phenoxy) is 1. The summed E-state index contributed by atoms with van der Waals surface area (Å²) in [5, 5.41) is 2.70. The number of rotatable bonds is 4. The van der Waals surface area contributed by atoms with Gasteiger partial charge in [0, 0.05) is 6.08 Å². The van der Waals surface area contributed by atoms with Crippen LogP contribution in [0.1, 0.15) is 5.56 Å². The van der Waals surface area contributed by atoms with Gasteiger partial charge in [0.05, 0.1) is 11.4 Å². The van der Waals surface area contributed by atoms with Crippen LogP contribution < -0.4 is 10.2 Å². The van der Waals surface area contributed by atoms with Gasteiger partial charge in [-0.15, -0.1) is 0 Å². The van der Waals surface area contributed by atoms with Crippen LogP contribution in [0.4, 0.5) is 11.4 Å². The number of anilines is 2. The molecule has 25 heavy (non-hydrogen) atoms. The molecule has 0 fully saturated rings. The fourth-order valence-electron chi connectivity index (χ4n) is 2.44. The van der Waals surface area contributed by atoms with Crippen molar-refractivity contribution in [3.63, 3.8) is 0 Å². The van der Waals surface area contributed by atoms with E-state index in [1.165, 1.54) is 11.0 Å². The zero-order chi connectivity index (χ0) is 17.6. The number of hydrogen-bond donors (Lipinski definition) is 1. The van der Waals surface area contributed by atoms with E-state index >= 15 is 0 Å². The molecule has 2 amide bonds. The van der Waals surface area contributed by atoms with Gasteiger partial charge < -0.3 is 10.1 Å². The van der Waals surface area contributed by atoms with Crippen LogP contribution in [-0.4, -0.2) is 30.9 Å². The summed E-state index contributed by atoms with van der Waals surface area (Å²) in [6.45, 7) is -0.535. The van der Waals surface area contributed by atoms with Gasteiger partial charge in [-0.3, -0.25) is 14.5 Å². The van der Waals surface area contributed by atoms with E-state index < -0.39 is 18.5 Å². The smallest absolute Gasteiger partial charge is 0.331 e. The summed E-state index contributed by atoms with van der Waals surface area (Å²) in [5.74, 6) is -1.36. The molecular weight excluding hydrogens is 320 g/mol. The van der Waals surface area contributed by atoms with Crippen LogP contribution in [0.2, 0.25) is 0 Å². The Morgan fingerprint density at radius 3 is 2.60 bits per heavy atom. The standard InChI is InChI=1S/C19H16N2O4/c22-17-12-21(16-9-5-4-8-15(16)20-17)18(23)13-25-19(24)11-10-14-6-2-1-3-7-14/h1-11H,12-13H2,(H,20,22)/b11-10+. The molecule has 2 aromatic carbocycles. The minimum absolute atomic E-state index is 0.104. The number of para-hydroxylation sites is 2. The summed E-state index contributed by atoms with van der Waals surface area (Å²) in [6.07, 6.45) is 2.87. The lowest BCUT2D eigenvalue weighted by Crippen LogP contribution is -2.43. The van der Waals surface area contributed by atoms with Crippen molar-refractivity contribution < 1.29 is 19.1 Å². The van der Waals surface area contributed by atoms with Crippen LogP contribution in [0.5, 0.6) is 0 Å². The molecule has 0 spiro atoms. The molecule has 3 rings (SSSR count). The van der Waals surface area contributed by atoms with E-state index in [0.717, 1.165) is 5.56 Å². The minimum Gasteiger partial charge on any atom is -0.452 e. The summed E-state index contributed by atoms with van der Waals surface area (Å²) in [6, 6.07) is 16.2. The molecule has 2 aromatic rings. The number of benzene rings is 2. The third-order valence-corrected chi connectivity index (χ3v) is 3.62. The van der Waals surface area contributed by atoms with E-state index in [0.29, 0.717) is 11.4 Å². The maximum absolute atomic E-state index is 12.3. The van der Waals surface area contributed by atoms with E-state index in [1.54, 1.807) is 30.3 Å². The maximum atomic E-state index is 12.3. The monoisotopic (exact) mass is 336 g/mol. The Balaban J connectivity index is 1.60. The minimum atomic E-state index is -0.619. The first-order valence-electron chi connectivity index (χ1n) is 7.72. The van der Waals surface area contributed by atoms with Gasteiger partial charge in [-0.05, 0) is 23.8 Å². The maximum Gasteiger partial charge on any atom is 0.331 e. The number of fused-ring (bicyclic) bond motifs is 1. The van der Waals surface area contributed by atoms with E-state index in [1.807, 2.05) is 30.3 Å². The highest BCUT2D eigenvalue weighted by molar-refractivity contribution is 6.10. The van der Waals surface area contributed by atoms with Crippen LogP contribution in [0.25, 0.3) is 6.08 Å². The van der Waals surface area contributed by atoms with Crippen molar-refractivity contribution in [2.45, 2.75) is 0 Å². The van der Waals surface area contributed by atoms with Gasteiger partial charge >= 0.3 is 5.97 Å². The fourth-order valence-corrected chi connectivity index (χ4v) is 2.44. The lowest BCUT2D eigenvalue weighted by Gasteiger charge is -2.28. The van der Waals surface area contributed by atoms with Crippen molar-refractivity contribution >= 4 is 35.2 Å². The van der Waals surface area contributed by atoms with Crippen LogP contribution in [0, 0.1) is 0 Å². The van der Waals surface area contributed by atoms with Gasteiger partial charge in [-0.2, -0.15) is 0 Å². The predicted molar refractivity (Wildman–Crippen MR) is 93.9 cm³/mol. The molecule has 1 aliphatic rings. The fraction of sp³-hybridized carbons (Fsp3) is 0.105. The van der Waals surface area contributed by atoms with Crippen molar-refractivity contribution in [2.75, 3.05) is 23.4 Å². The Hall–Kier alpha value is -3.41. The van der Waals surface area contributed by atoms with E-state index in [9.17, 15) is 14.4 Å². The lowest BCUT2D eigenvalue weighted by atomic mass is 10.2. The average Bonchev–Trinajstić information content (AvgIpc) is 2.64. The molecule has 0 saturated carbocycles. The first kappa shape index (κ1) is 16.4. The Labute approximate surface area is 144 Å². The average molecular weight is 336 g/mol. The SMILES string of the molecule is O=C1CN(C(=O)COC(=O)/C=C/c2ccccc2)c2ccccc2N1. The van der Waals surface area contributed by atoms with Crippen molar-refractivity contribution in [3.8, 4) is 0 Å². The highest BCUT2D eigenvalue weighted by Crippen LogP contribution is 2.28. The molecule has 0 aromatic heterocycles. The Bertz CT molecular complexity index is 830. The quantitative estimate of drug-likeness (QED) is 0.686. The summed E-state index contributed by atoms with van der Waals surface area (Å²) in [7, 11) is 0. The van der Waals surface area contributed by atoms with E-state index in [2.05, 4.69) is 5.32 Å². The van der Waals surface area contributed by atoms with Crippen LogP contribution in [0.3, 0.4) is 0 Å². The molecule has 0 saturated heterocycles. The second-order valence-corrected chi connectivity index (χ2v) is 5.40. The third-order valence-electron chi connectivity index (χ3n) is 3.62. The van der Waals surface area contributed by atoms with Crippen molar-refractivity contribution in [1.29, 1.82) is 0 Å². The molecule has 1 N–H and O–H groups in total. The lowest BCUT2D eigenvalue weighted by molar-refractivity contribution is -0.143. The largest absolute Gasteiger partial charge is 0.452 e. The van der Waals surface area contributed by atoms with Crippen molar-refractivity contribution in [3.05, 3.63) is 66.2 Å². The molecule has 0 aliphatic carbocycles. The number of nitrogens with one attached hydrogen (secondary N) is 1. The number of hydrogen-bond acceptors (Lipinski definition) is 4. The van der Waals surface area contributed by atoms with Gasteiger partial charge in [-0.1, -0.05) is 42.5 Å². The zero-order valence-electron chi connectivity index (χ0n) is 13.3. The van der Waals surface area contributed by atoms with Crippen LogP contribution >= 0.6 is 0 Å². The van der Waals surface area contributed by atoms with Crippen molar-refractivity contribution in [2.24, 2.45) is 0 Å². The van der Waals surface area contributed by atoms with Gasteiger partial charge in [0.1, 0.15) is 6.54 Å². The van der Waals surface area contributed by atoms with Crippen LogP contribution in [0.15, 0.2) is 60.7 Å². The first-order chi connectivity index (χ1) is 12.1. The Kier molecular flexibility index (Phi) is 4.89. The normalized spacial score (nSPS) is 13.3. The molecule has 126 valence electrons. The summed E-state index contributed by atoms with van der Waals surface area (Å²) in [5.41, 5.74) is 2.00. The first-order valence-corrected chi connectivity index (χ1v) is 7.72. The number of carbonyl (C=O) groups is 3. The van der Waals surface area contributed by atoms with Crippen LogP contribution in [-0.2, 0) is 19.1 Å². The van der Waals surface area contributed by atoms with E-state index in [4.69, 9.17) is 4.74 Å². The highest BCUT2D eigenvalue weighted by Gasteiger charge is 2.26. The Morgan fingerprint density at radius 1 is 1.08 bits per heavy atom. The second-order valence-electron chi connectivity index (χ2n) is 5.40.